The smallest absolute Gasteiger partial charge is 0.253 e. The standard InChI is InChI=1S/C13H18N2O4S/c1-15(20(2,17)18)11-7-4-3-6-10(11)14-13(16)12-8-5-9-19-12/h3-4,6-7,12H,5,8-9H2,1-2H3,(H,14,16). The summed E-state index contributed by atoms with van der Waals surface area (Å²) in [5.41, 5.74) is 0.891. The molecule has 0 radical (unpaired) electrons. The molecule has 1 aromatic carbocycles. The molecule has 6 nitrogen and oxygen atoms in total. The average molecular weight is 298 g/mol. The maximum atomic E-state index is 12.0. The van der Waals surface area contributed by atoms with Crippen molar-refractivity contribution in [2.75, 3.05) is 29.5 Å². The van der Waals surface area contributed by atoms with E-state index in [0.29, 0.717) is 24.4 Å². The van der Waals surface area contributed by atoms with E-state index in [0.717, 1.165) is 17.0 Å². The summed E-state index contributed by atoms with van der Waals surface area (Å²) >= 11 is 0. The first-order valence-corrected chi connectivity index (χ1v) is 8.20. The lowest BCUT2D eigenvalue weighted by molar-refractivity contribution is -0.124. The van der Waals surface area contributed by atoms with Crippen LogP contribution in [0.5, 0.6) is 0 Å². The lowest BCUT2D eigenvalue weighted by atomic mass is 10.2. The Bertz CT molecular complexity index is 594. The summed E-state index contributed by atoms with van der Waals surface area (Å²) in [6.45, 7) is 0.586. The van der Waals surface area contributed by atoms with Gasteiger partial charge in [0.2, 0.25) is 10.0 Å². The summed E-state index contributed by atoms with van der Waals surface area (Å²) in [7, 11) is -1.93. The molecule has 1 amide bonds. The Morgan fingerprint density at radius 1 is 1.40 bits per heavy atom. The van der Waals surface area contributed by atoms with Gasteiger partial charge < -0.3 is 10.1 Å². The van der Waals surface area contributed by atoms with Gasteiger partial charge in [-0.3, -0.25) is 9.10 Å². The van der Waals surface area contributed by atoms with Crippen molar-refractivity contribution in [1.82, 2.24) is 0 Å². The van der Waals surface area contributed by atoms with E-state index < -0.39 is 16.1 Å². The Balaban J connectivity index is 2.22. The number of ether oxygens (including phenoxy) is 1. The first-order valence-electron chi connectivity index (χ1n) is 6.35. The van der Waals surface area contributed by atoms with Crippen LogP contribution < -0.4 is 9.62 Å². The molecule has 1 aromatic rings. The molecule has 0 saturated carbocycles. The van der Waals surface area contributed by atoms with Crippen molar-refractivity contribution in [2.24, 2.45) is 0 Å². The summed E-state index contributed by atoms with van der Waals surface area (Å²) in [4.78, 5) is 12.0. The molecule has 1 aliphatic heterocycles. The second kappa shape index (κ2) is 5.80. The number of benzene rings is 1. The molecule has 0 spiro atoms. The highest BCUT2D eigenvalue weighted by atomic mass is 32.2. The van der Waals surface area contributed by atoms with Gasteiger partial charge in [0.25, 0.3) is 5.91 Å². The molecule has 7 heteroatoms. The number of carbonyl (C=O) groups excluding carboxylic acids is 1. The second-order valence-electron chi connectivity index (χ2n) is 4.74. The van der Waals surface area contributed by atoms with E-state index in [1.807, 2.05) is 0 Å². The minimum absolute atomic E-state index is 0.239. The van der Waals surface area contributed by atoms with Crippen molar-refractivity contribution in [3.63, 3.8) is 0 Å². The molecule has 1 unspecified atom stereocenters. The number of amides is 1. The van der Waals surface area contributed by atoms with E-state index in [1.165, 1.54) is 7.05 Å². The molecule has 0 aliphatic carbocycles. The van der Waals surface area contributed by atoms with Crippen LogP contribution in [0, 0.1) is 0 Å². The van der Waals surface area contributed by atoms with Crippen LogP contribution in [0.4, 0.5) is 11.4 Å². The van der Waals surface area contributed by atoms with Gasteiger partial charge in [0.05, 0.1) is 17.6 Å². The van der Waals surface area contributed by atoms with Crippen LogP contribution in [0.15, 0.2) is 24.3 Å². The molecule has 1 atom stereocenters. The fourth-order valence-electron chi connectivity index (χ4n) is 2.03. The molecule has 1 aliphatic rings. The average Bonchev–Trinajstić information content (AvgIpc) is 2.91. The quantitative estimate of drug-likeness (QED) is 0.906. The van der Waals surface area contributed by atoms with Gasteiger partial charge in [-0.25, -0.2) is 8.42 Å². The van der Waals surface area contributed by atoms with E-state index >= 15 is 0 Å². The van der Waals surface area contributed by atoms with Crippen molar-refractivity contribution in [2.45, 2.75) is 18.9 Å². The van der Waals surface area contributed by atoms with Crippen molar-refractivity contribution in [3.05, 3.63) is 24.3 Å². The van der Waals surface area contributed by atoms with Gasteiger partial charge >= 0.3 is 0 Å². The van der Waals surface area contributed by atoms with Gasteiger partial charge in [-0.05, 0) is 25.0 Å². The zero-order valence-corrected chi connectivity index (χ0v) is 12.3. The first kappa shape index (κ1) is 14.8. The lowest BCUT2D eigenvalue weighted by Gasteiger charge is -2.21. The van der Waals surface area contributed by atoms with Crippen LogP contribution >= 0.6 is 0 Å². The van der Waals surface area contributed by atoms with Gasteiger partial charge in [-0.2, -0.15) is 0 Å². The number of nitrogens with one attached hydrogen (secondary N) is 1. The van der Waals surface area contributed by atoms with E-state index in [9.17, 15) is 13.2 Å². The third-order valence-electron chi connectivity index (χ3n) is 3.22. The first-order chi connectivity index (χ1) is 9.39. The fourth-order valence-corrected chi connectivity index (χ4v) is 2.55. The highest BCUT2D eigenvalue weighted by Gasteiger charge is 2.25. The fraction of sp³-hybridized carbons (Fsp3) is 0.462. The Morgan fingerprint density at radius 2 is 2.10 bits per heavy atom. The number of para-hydroxylation sites is 2. The summed E-state index contributed by atoms with van der Waals surface area (Å²) in [5, 5.41) is 2.74. The van der Waals surface area contributed by atoms with Crippen molar-refractivity contribution in [3.8, 4) is 0 Å². The maximum Gasteiger partial charge on any atom is 0.253 e. The minimum atomic E-state index is -3.38. The molecule has 110 valence electrons. The van der Waals surface area contributed by atoms with Gasteiger partial charge in [0, 0.05) is 13.7 Å². The molecule has 1 heterocycles. The van der Waals surface area contributed by atoms with Crippen LogP contribution in [-0.4, -0.2) is 40.3 Å². The second-order valence-corrected chi connectivity index (χ2v) is 6.75. The normalized spacial score (nSPS) is 18.8. The Kier molecular flexibility index (Phi) is 4.29. The van der Waals surface area contributed by atoms with Crippen LogP contribution in [0.3, 0.4) is 0 Å². The molecule has 1 saturated heterocycles. The molecule has 1 fully saturated rings. The van der Waals surface area contributed by atoms with Crippen LogP contribution in [-0.2, 0) is 19.6 Å². The monoisotopic (exact) mass is 298 g/mol. The van der Waals surface area contributed by atoms with Crippen LogP contribution in [0.1, 0.15) is 12.8 Å². The third kappa shape index (κ3) is 3.29. The Hall–Kier alpha value is -1.60. The number of hydrogen-bond acceptors (Lipinski definition) is 4. The number of sulfonamides is 1. The minimum Gasteiger partial charge on any atom is -0.368 e. The zero-order chi connectivity index (χ0) is 14.8. The molecule has 0 aromatic heterocycles. The van der Waals surface area contributed by atoms with E-state index in [-0.39, 0.29) is 5.91 Å². The largest absolute Gasteiger partial charge is 0.368 e. The van der Waals surface area contributed by atoms with Gasteiger partial charge in [-0.15, -0.1) is 0 Å². The highest BCUT2D eigenvalue weighted by Crippen LogP contribution is 2.27. The molecule has 1 N–H and O–H groups in total. The number of carbonyl (C=O) groups is 1. The summed E-state index contributed by atoms with van der Waals surface area (Å²) < 4.78 is 29.7. The molecule has 2 rings (SSSR count). The topological polar surface area (TPSA) is 75.7 Å². The van der Waals surface area contributed by atoms with Crippen molar-refractivity contribution >= 4 is 27.3 Å². The van der Waals surface area contributed by atoms with Crippen molar-refractivity contribution in [1.29, 1.82) is 0 Å². The summed E-state index contributed by atoms with van der Waals surface area (Å²) in [6, 6.07) is 6.78. The highest BCUT2D eigenvalue weighted by molar-refractivity contribution is 7.92. The zero-order valence-electron chi connectivity index (χ0n) is 11.5. The SMILES string of the molecule is CN(c1ccccc1NC(=O)C1CCCO1)S(C)(=O)=O. The van der Waals surface area contributed by atoms with Crippen LogP contribution in [0.2, 0.25) is 0 Å². The number of anilines is 2. The number of rotatable bonds is 4. The maximum absolute atomic E-state index is 12.0. The lowest BCUT2D eigenvalue weighted by Crippen LogP contribution is -2.29. The predicted octanol–water partition coefficient (Wildman–Crippen LogP) is 1.20. The van der Waals surface area contributed by atoms with Crippen LogP contribution in [0.25, 0.3) is 0 Å². The summed E-state index contributed by atoms with van der Waals surface area (Å²) in [6.07, 6.45) is 2.22. The molecular formula is C13H18N2O4S. The Labute approximate surface area is 118 Å². The van der Waals surface area contributed by atoms with Gasteiger partial charge in [0.1, 0.15) is 6.10 Å². The molecular weight excluding hydrogens is 280 g/mol. The summed E-state index contributed by atoms with van der Waals surface area (Å²) in [5.74, 6) is -0.239. The van der Waals surface area contributed by atoms with Crippen molar-refractivity contribution < 1.29 is 17.9 Å². The van der Waals surface area contributed by atoms with Gasteiger partial charge in [0.15, 0.2) is 0 Å². The number of nitrogens with zero attached hydrogens (tertiary/aromatic N) is 1. The van der Waals surface area contributed by atoms with E-state index in [2.05, 4.69) is 5.32 Å². The predicted molar refractivity (Wildman–Crippen MR) is 77.3 cm³/mol. The third-order valence-corrected chi connectivity index (χ3v) is 4.41. The Morgan fingerprint density at radius 3 is 2.70 bits per heavy atom. The van der Waals surface area contributed by atoms with E-state index in [1.54, 1.807) is 24.3 Å². The molecule has 0 bridgehead atoms. The number of hydrogen-bond donors (Lipinski definition) is 1. The van der Waals surface area contributed by atoms with E-state index in [4.69, 9.17) is 4.74 Å². The molecule has 20 heavy (non-hydrogen) atoms. The van der Waals surface area contributed by atoms with Gasteiger partial charge in [-0.1, -0.05) is 12.1 Å².